The van der Waals surface area contributed by atoms with Crippen LogP contribution >= 0.6 is 0 Å². The van der Waals surface area contributed by atoms with E-state index in [-0.39, 0.29) is 29.9 Å². The number of hydrogen-bond acceptors (Lipinski definition) is 10. The van der Waals surface area contributed by atoms with E-state index in [0.29, 0.717) is 61.2 Å². The van der Waals surface area contributed by atoms with Crippen molar-refractivity contribution in [1.82, 2.24) is 9.80 Å². The van der Waals surface area contributed by atoms with Crippen LogP contribution < -0.4 is 14.2 Å². The van der Waals surface area contributed by atoms with Gasteiger partial charge in [-0.15, -0.1) is 0 Å². The molecule has 1 aliphatic heterocycles. The van der Waals surface area contributed by atoms with Crippen LogP contribution in [-0.4, -0.2) is 102 Å². The Bertz CT molecular complexity index is 1380. The number of methoxy groups -OCH3 is 5. The molecule has 0 radical (unpaired) electrons. The molecule has 228 valence electrons. The van der Waals surface area contributed by atoms with Gasteiger partial charge in [0.05, 0.1) is 47.5 Å². The van der Waals surface area contributed by atoms with E-state index in [1.54, 1.807) is 33.2 Å². The second-order valence-corrected chi connectivity index (χ2v) is 11.5. The number of amides is 1. The van der Waals surface area contributed by atoms with E-state index < -0.39 is 22.9 Å². The van der Waals surface area contributed by atoms with Crippen molar-refractivity contribution < 1.29 is 42.8 Å². The van der Waals surface area contributed by atoms with Gasteiger partial charge in [0.25, 0.3) is 0 Å². The Balaban J connectivity index is 1.61. The smallest absolute Gasteiger partial charge is 0.320 e. The first kappa shape index (κ1) is 29.8. The first-order valence-corrected chi connectivity index (χ1v) is 14.1. The van der Waals surface area contributed by atoms with Crippen LogP contribution in [-0.2, 0) is 40.4 Å². The quantitative estimate of drug-likeness (QED) is 0.422. The molecule has 1 amide bonds. The number of nitrogens with zero attached hydrogens (tertiary/aromatic N) is 2. The largest absolute Gasteiger partial charge is 0.496 e. The molecule has 42 heavy (non-hydrogen) atoms. The van der Waals surface area contributed by atoms with Crippen molar-refractivity contribution in [2.45, 2.75) is 38.7 Å². The van der Waals surface area contributed by atoms with E-state index in [4.69, 9.17) is 28.4 Å². The van der Waals surface area contributed by atoms with Crippen molar-refractivity contribution in [2.24, 2.45) is 11.3 Å². The van der Waals surface area contributed by atoms with Gasteiger partial charge in [-0.05, 0) is 35.1 Å². The minimum absolute atomic E-state index is 0.0263. The Labute approximate surface area is 246 Å². The van der Waals surface area contributed by atoms with Gasteiger partial charge in [-0.3, -0.25) is 19.3 Å². The predicted molar refractivity (Wildman–Crippen MR) is 151 cm³/mol. The average molecular weight is 585 g/mol. The third-order valence-electron chi connectivity index (χ3n) is 9.79. The zero-order chi connectivity index (χ0) is 30.6. The normalized spacial score (nSPS) is 28.4. The zero-order valence-corrected chi connectivity index (χ0v) is 25.6. The Morgan fingerprint density at radius 2 is 1.62 bits per heavy atom. The van der Waals surface area contributed by atoms with Crippen LogP contribution in [0.3, 0.4) is 0 Å². The fourth-order valence-electron chi connectivity index (χ4n) is 7.73. The molecule has 0 N–H and O–H groups in total. The van der Waals surface area contributed by atoms with E-state index in [1.165, 1.54) is 20.3 Å². The van der Waals surface area contributed by atoms with Crippen molar-refractivity contribution in [3.05, 3.63) is 40.4 Å². The molecule has 1 saturated heterocycles. The number of piperazine rings is 1. The monoisotopic (exact) mass is 584 g/mol. The maximum Gasteiger partial charge on any atom is 0.320 e. The van der Waals surface area contributed by atoms with Gasteiger partial charge in [-0.1, -0.05) is 13.8 Å². The second-order valence-electron chi connectivity index (χ2n) is 11.5. The van der Waals surface area contributed by atoms with Crippen LogP contribution in [0.2, 0.25) is 0 Å². The standard InChI is InChI=1S/C31H40N2O9/c1-17-25(42-23(36)16-32-9-11-33(12-10-32)18(2)34)20-14-21(35)26(38-5)29(41-8)31(20)24-19(15-30(17,31)3)13-22(37-4)27(39-6)28(24)40-7/h13-14,17,25H,9-12,15-16H2,1-8H3/t17-,25+,30+,31+/m0/s1. The summed E-state index contributed by atoms with van der Waals surface area (Å²) in [5.74, 6) is 0.898. The van der Waals surface area contributed by atoms with Gasteiger partial charge in [-0.25, -0.2) is 0 Å². The first-order chi connectivity index (χ1) is 20.0. The topological polar surface area (TPSA) is 113 Å². The third-order valence-corrected chi connectivity index (χ3v) is 9.79. The number of carbonyl (C=O) groups excluding carboxylic acids is 3. The molecular formula is C31H40N2O9. The van der Waals surface area contributed by atoms with Gasteiger partial charge in [0.15, 0.2) is 17.3 Å². The molecule has 1 heterocycles. The van der Waals surface area contributed by atoms with Gasteiger partial charge in [0.2, 0.25) is 23.2 Å². The Morgan fingerprint density at radius 1 is 0.952 bits per heavy atom. The number of esters is 1. The summed E-state index contributed by atoms with van der Waals surface area (Å²) in [6, 6.07) is 1.94. The summed E-state index contributed by atoms with van der Waals surface area (Å²) >= 11 is 0. The summed E-state index contributed by atoms with van der Waals surface area (Å²) in [4.78, 5) is 42.4. The highest BCUT2D eigenvalue weighted by molar-refractivity contribution is 6.06. The number of ether oxygens (including phenoxy) is 6. The molecule has 0 unspecified atom stereocenters. The highest BCUT2D eigenvalue weighted by Crippen LogP contribution is 2.73. The first-order valence-electron chi connectivity index (χ1n) is 14.1. The lowest BCUT2D eigenvalue weighted by molar-refractivity contribution is -0.151. The van der Waals surface area contributed by atoms with Crippen LogP contribution in [0.4, 0.5) is 0 Å². The van der Waals surface area contributed by atoms with Gasteiger partial charge in [0.1, 0.15) is 6.10 Å². The van der Waals surface area contributed by atoms with E-state index in [9.17, 15) is 14.4 Å². The summed E-state index contributed by atoms with van der Waals surface area (Å²) in [7, 11) is 7.66. The van der Waals surface area contributed by atoms with Crippen LogP contribution in [0.25, 0.3) is 0 Å². The molecule has 5 rings (SSSR count). The number of fused-ring (bicyclic) bond motifs is 1. The predicted octanol–water partition coefficient (Wildman–Crippen LogP) is 2.25. The highest BCUT2D eigenvalue weighted by Gasteiger charge is 2.73. The maximum absolute atomic E-state index is 13.5. The Morgan fingerprint density at radius 3 is 2.17 bits per heavy atom. The number of allylic oxidation sites excluding steroid dienone is 2. The van der Waals surface area contributed by atoms with E-state index in [0.717, 1.165) is 11.1 Å². The van der Waals surface area contributed by atoms with Crippen molar-refractivity contribution >= 4 is 17.7 Å². The number of ketones is 1. The lowest BCUT2D eigenvalue weighted by Gasteiger charge is -2.43. The van der Waals surface area contributed by atoms with Gasteiger partial charge in [-0.2, -0.15) is 0 Å². The number of rotatable bonds is 8. The lowest BCUT2D eigenvalue weighted by Crippen LogP contribution is -2.49. The molecular weight excluding hydrogens is 544 g/mol. The second kappa shape index (κ2) is 10.8. The lowest BCUT2D eigenvalue weighted by atomic mass is 9.60. The van der Waals surface area contributed by atoms with E-state index in [2.05, 4.69) is 6.92 Å². The summed E-state index contributed by atoms with van der Waals surface area (Å²) in [6.07, 6.45) is 1.40. The summed E-state index contributed by atoms with van der Waals surface area (Å²) in [6.45, 7) is 8.09. The minimum Gasteiger partial charge on any atom is -0.496 e. The molecule has 11 heteroatoms. The van der Waals surface area contributed by atoms with E-state index >= 15 is 0 Å². The maximum atomic E-state index is 13.5. The zero-order valence-electron chi connectivity index (χ0n) is 25.6. The van der Waals surface area contributed by atoms with Crippen molar-refractivity contribution in [1.29, 1.82) is 0 Å². The number of carbonyl (C=O) groups is 3. The van der Waals surface area contributed by atoms with Gasteiger partial charge in [0, 0.05) is 44.6 Å². The molecule has 11 nitrogen and oxygen atoms in total. The molecule has 2 fully saturated rings. The molecule has 1 aromatic carbocycles. The molecule has 1 saturated carbocycles. The molecule has 1 spiro atoms. The molecule has 0 bridgehead atoms. The minimum atomic E-state index is -1.04. The fourth-order valence-corrected chi connectivity index (χ4v) is 7.73. The molecule has 4 aliphatic rings. The fraction of sp³-hybridized carbons (Fsp3) is 0.581. The van der Waals surface area contributed by atoms with E-state index in [1.807, 2.05) is 17.9 Å². The molecule has 3 aliphatic carbocycles. The number of hydrogen-bond donors (Lipinski definition) is 0. The summed E-state index contributed by atoms with van der Waals surface area (Å²) in [5, 5.41) is 0. The number of benzene rings is 1. The van der Waals surface area contributed by atoms with Crippen LogP contribution in [0.1, 0.15) is 31.9 Å². The van der Waals surface area contributed by atoms with Crippen LogP contribution in [0.5, 0.6) is 17.2 Å². The van der Waals surface area contributed by atoms with Crippen molar-refractivity contribution in [3.8, 4) is 17.2 Å². The Kier molecular flexibility index (Phi) is 7.67. The molecule has 0 aromatic heterocycles. The third kappa shape index (κ3) is 4.00. The van der Waals surface area contributed by atoms with Gasteiger partial charge >= 0.3 is 5.97 Å². The molecule has 4 atom stereocenters. The Hall–Kier alpha value is -3.73. The highest BCUT2D eigenvalue weighted by atomic mass is 16.6. The summed E-state index contributed by atoms with van der Waals surface area (Å²) < 4.78 is 35.4. The average Bonchev–Trinajstić information content (AvgIpc) is 3.33. The van der Waals surface area contributed by atoms with Gasteiger partial charge < -0.3 is 33.3 Å². The van der Waals surface area contributed by atoms with Crippen LogP contribution in [0, 0.1) is 11.3 Å². The van der Waals surface area contributed by atoms with Crippen molar-refractivity contribution in [2.75, 3.05) is 68.3 Å². The SMILES string of the molecule is COC1=C(OC)[C@]23C(=CC1=O)[C@H](OC(=O)CN1CCN(C(C)=O)CC1)[C@H](C)[C@@]2(C)Cc1cc(OC)c(OC)c(OC)c13. The van der Waals surface area contributed by atoms with Crippen molar-refractivity contribution in [3.63, 3.8) is 0 Å². The summed E-state index contributed by atoms with van der Waals surface area (Å²) in [5.41, 5.74) is 0.704. The van der Waals surface area contributed by atoms with Crippen LogP contribution in [0.15, 0.2) is 29.2 Å². The molecule has 1 aromatic rings.